The van der Waals surface area contributed by atoms with E-state index in [9.17, 15) is 9.59 Å². The summed E-state index contributed by atoms with van der Waals surface area (Å²) in [6, 6.07) is 5.61. The van der Waals surface area contributed by atoms with E-state index < -0.39 is 0 Å². The third-order valence-corrected chi connectivity index (χ3v) is 3.08. The van der Waals surface area contributed by atoms with E-state index in [2.05, 4.69) is 16.0 Å². The Hall–Kier alpha value is -2.08. The maximum absolute atomic E-state index is 11.4. The number of carbonyl (C=O) groups is 2. The molecule has 1 atom stereocenters. The van der Waals surface area contributed by atoms with Gasteiger partial charge in [-0.3, -0.25) is 9.59 Å². The summed E-state index contributed by atoms with van der Waals surface area (Å²) in [7, 11) is 0. The number of amides is 2. The van der Waals surface area contributed by atoms with Crippen molar-refractivity contribution < 1.29 is 14.3 Å². The largest absolute Gasteiger partial charge is 0.482 e. The van der Waals surface area contributed by atoms with Crippen LogP contribution in [0.1, 0.15) is 25.5 Å². The Kier molecular flexibility index (Phi) is 4.57. The quantitative estimate of drug-likeness (QED) is 0.744. The van der Waals surface area contributed by atoms with E-state index >= 15 is 0 Å². The molecular weight excluding hydrogens is 258 g/mol. The smallest absolute Gasteiger partial charge is 0.262 e. The lowest BCUT2D eigenvalue weighted by molar-refractivity contribution is -0.120. The van der Waals surface area contributed by atoms with E-state index in [0.29, 0.717) is 18.0 Å². The minimum absolute atomic E-state index is 0.00161. The number of anilines is 1. The van der Waals surface area contributed by atoms with Gasteiger partial charge in [-0.05, 0) is 31.5 Å². The van der Waals surface area contributed by atoms with Crippen LogP contribution in [0.4, 0.5) is 5.69 Å². The van der Waals surface area contributed by atoms with Gasteiger partial charge in [-0.15, -0.1) is 0 Å². The molecule has 1 aromatic carbocycles. The molecule has 0 aliphatic carbocycles. The van der Waals surface area contributed by atoms with Gasteiger partial charge in [-0.2, -0.15) is 0 Å². The molecule has 0 radical (unpaired) electrons. The molecule has 1 aliphatic rings. The first-order valence-electron chi connectivity index (χ1n) is 6.67. The summed E-state index contributed by atoms with van der Waals surface area (Å²) in [5.41, 5.74) is 1.66. The van der Waals surface area contributed by atoms with Crippen molar-refractivity contribution in [2.75, 3.05) is 25.0 Å². The SMILES string of the molecule is CCNC(=O)CNC(C)c1ccc2c(c1)NC(=O)CO2. The molecule has 1 aliphatic heterocycles. The fourth-order valence-electron chi connectivity index (χ4n) is 1.99. The standard InChI is InChI=1S/C14H19N3O3/c1-3-15-13(18)7-16-9(2)10-4-5-12-11(6-10)17-14(19)8-20-12/h4-6,9,16H,3,7-8H2,1-2H3,(H,15,18)(H,17,19). The number of hydrogen-bond acceptors (Lipinski definition) is 4. The highest BCUT2D eigenvalue weighted by atomic mass is 16.5. The maximum atomic E-state index is 11.4. The molecule has 2 rings (SSSR count). The van der Waals surface area contributed by atoms with Gasteiger partial charge < -0.3 is 20.7 Å². The Labute approximate surface area is 117 Å². The van der Waals surface area contributed by atoms with Gasteiger partial charge in [0.15, 0.2) is 6.61 Å². The van der Waals surface area contributed by atoms with Crippen molar-refractivity contribution in [3.63, 3.8) is 0 Å². The summed E-state index contributed by atoms with van der Waals surface area (Å²) < 4.78 is 5.30. The van der Waals surface area contributed by atoms with Crippen molar-refractivity contribution in [2.24, 2.45) is 0 Å². The van der Waals surface area contributed by atoms with Crippen molar-refractivity contribution >= 4 is 17.5 Å². The van der Waals surface area contributed by atoms with Gasteiger partial charge in [-0.25, -0.2) is 0 Å². The molecular formula is C14H19N3O3. The third kappa shape index (κ3) is 3.48. The van der Waals surface area contributed by atoms with Gasteiger partial charge >= 0.3 is 0 Å². The summed E-state index contributed by atoms with van der Waals surface area (Å²) in [5, 5.41) is 8.63. The Morgan fingerprint density at radius 1 is 1.50 bits per heavy atom. The third-order valence-electron chi connectivity index (χ3n) is 3.08. The van der Waals surface area contributed by atoms with E-state index in [-0.39, 0.29) is 31.0 Å². The Balaban J connectivity index is 2.00. The minimum atomic E-state index is -0.155. The van der Waals surface area contributed by atoms with Crippen molar-refractivity contribution in [3.05, 3.63) is 23.8 Å². The fraction of sp³-hybridized carbons (Fsp3) is 0.429. The van der Waals surface area contributed by atoms with Crippen LogP contribution < -0.4 is 20.7 Å². The normalized spacial score (nSPS) is 14.8. The predicted octanol–water partition coefficient (Wildman–Crippen LogP) is 0.804. The average molecular weight is 277 g/mol. The van der Waals surface area contributed by atoms with Crippen molar-refractivity contribution in [2.45, 2.75) is 19.9 Å². The number of rotatable bonds is 5. The molecule has 2 amide bonds. The lowest BCUT2D eigenvalue weighted by atomic mass is 10.1. The van der Waals surface area contributed by atoms with Gasteiger partial charge in [0.05, 0.1) is 12.2 Å². The first kappa shape index (κ1) is 14.3. The van der Waals surface area contributed by atoms with Crippen LogP contribution in [0, 0.1) is 0 Å². The summed E-state index contributed by atoms with van der Waals surface area (Å²) in [6.07, 6.45) is 0. The molecule has 0 fully saturated rings. The van der Waals surface area contributed by atoms with E-state index in [1.807, 2.05) is 32.0 Å². The molecule has 1 aromatic rings. The number of fused-ring (bicyclic) bond motifs is 1. The second-order valence-electron chi connectivity index (χ2n) is 4.65. The molecule has 0 saturated carbocycles. The van der Waals surface area contributed by atoms with E-state index in [1.54, 1.807) is 0 Å². The minimum Gasteiger partial charge on any atom is -0.482 e. The summed E-state index contributed by atoms with van der Waals surface area (Å²) >= 11 is 0. The van der Waals surface area contributed by atoms with E-state index in [1.165, 1.54) is 0 Å². The van der Waals surface area contributed by atoms with Crippen LogP contribution in [-0.4, -0.2) is 31.5 Å². The lowest BCUT2D eigenvalue weighted by Crippen LogP contribution is -2.34. The molecule has 1 unspecified atom stereocenters. The average Bonchev–Trinajstić information content (AvgIpc) is 2.44. The highest BCUT2D eigenvalue weighted by Gasteiger charge is 2.17. The molecule has 108 valence electrons. The number of ether oxygens (including phenoxy) is 1. The van der Waals surface area contributed by atoms with Crippen LogP contribution in [0.25, 0.3) is 0 Å². The summed E-state index contributed by atoms with van der Waals surface area (Å²) in [4.78, 5) is 22.7. The van der Waals surface area contributed by atoms with Crippen LogP contribution in [0.15, 0.2) is 18.2 Å². The zero-order valence-corrected chi connectivity index (χ0v) is 11.7. The number of nitrogens with one attached hydrogen (secondary N) is 3. The lowest BCUT2D eigenvalue weighted by Gasteiger charge is -2.20. The maximum Gasteiger partial charge on any atom is 0.262 e. The fourth-order valence-corrected chi connectivity index (χ4v) is 1.99. The molecule has 0 saturated heterocycles. The zero-order valence-electron chi connectivity index (χ0n) is 11.7. The molecule has 0 aromatic heterocycles. The number of hydrogen-bond donors (Lipinski definition) is 3. The van der Waals surface area contributed by atoms with Crippen LogP contribution in [0.3, 0.4) is 0 Å². The second kappa shape index (κ2) is 6.38. The van der Waals surface area contributed by atoms with Crippen LogP contribution in [0.5, 0.6) is 5.75 Å². The number of likely N-dealkylation sites (N-methyl/N-ethyl adjacent to an activating group) is 1. The highest BCUT2D eigenvalue weighted by Crippen LogP contribution is 2.30. The van der Waals surface area contributed by atoms with Gasteiger partial charge in [0.25, 0.3) is 5.91 Å². The first-order chi connectivity index (χ1) is 9.60. The number of benzene rings is 1. The zero-order chi connectivity index (χ0) is 14.5. The molecule has 3 N–H and O–H groups in total. The van der Waals surface area contributed by atoms with E-state index in [4.69, 9.17) is 4.74 Å². The number of carbonyl (C=O) groups excluding carboxylic acids is 2. The van der Waals surface area contributed by atoms with Gasteiger partial charge in [0.2, 0.25) is 5.91 Å². The second-order valence-corrected chi connectivity index (χ2v) is 4.65. The topological polar surface area (TPSA) is 79.5 Å². The van der Waals surface area contributed by atoms with Crippen molar-refractivity contribution in [1.29, 1.82) is 0 Å². The molecule has 20 heavy (non-hydrogen) atoms. The highest BCUT2D eigenvalue weighted by molar-refractivity contribution is 5.95. The first-order valence-corrected chi connectivity index (χ1v) is 6.67. The predicted molar refractivity (Wildman–Crippen MR) is 75.7 cm³/mol. The monoisotopic (exact) mass is 277 g/mol. The Morgan fingerprint density at radius 3 is 3.05 bits per heavy atom. The Bertz CT molecular complexity index is 516. The van der Waals surface area contributed by atoms with Crippen molar-refractivity contribution in [1.82, 2.24) is 10.6 Å². The van der Waals surface area contributed by atoms with Crippen molar-refractivity contribution in [3.8, 4) is 5.75 Å². The van der Waals surface area contributed by atoms with Gasteiger partial charge in [0, 0.05) is 12.6 Å². The molecule has 1 heterocycles. The molecule has 6 nitrogen and oxygen atoms in total. The molecule has 0 bridgehead atoms. The summed E-state index contributed by atoms with van der Waals surface area (Å²) in [6.45, 7) is 4.78. The van der Waals surface area contributed by atoms with Crippen LogP contribution >= 0.6 is 0 Å². The van der Waals surface area contributed by atoms with Crippen LogP contribution in [-0.2, 0) is 9.59 Å². The summed E-state index contributed by atoms with van der Waals surface area (Å²) in [5.74, 6) is 0.482. The molecule has 6 heteroatoms. The van der Waals surface area contributed by atoms with E-state index in [0.717, 1.165) is 5.56 Å². The van der Waals surface area contributed by atoms with Gasteiger partial charge in [0.1, 0.15) is 5.75 Å². The molecule has 0 spiro atoms. The van der Waals surface area contributed by atoms with Crippen LogP contribution in [0.2, 0.25) is 0 Å². The van der Waals surface area contributed by atoms with Gasteiger partial charge in [-0.1, -0.05) is 6.07 Å². The Morgan fingerprint density at radius 2 is 2.30 bits per heavy atom.